The van der Waals surface area contributed by atoms with Gasteiger partial charge in [-0.2, -0.15) is 5.26 Å². The second-order valence-electron chi connectivity index (χ2n) is 9.12. The van der Waals surface area contributed by atoms with E-state index in [1.165, 1.54) is 12.5 Å². The number of nitrogens with zero attached hydrogens (tertiary/aromatic N) is 3. The smallest absolute Gasteiger partial charge is 0.433 e. The molecule has 3 aromatic rings. The Morgan fingerprint density at radius 3 is 2.56 bits per heavy atom. The Labute approximate surface area is 238 Å². The van der Waals surface area contributed by atoms with Crippen molar-refractivity contribution in [2.45, 2.75) is 18.9 Å². The Bertz CT molecular complexity index is 1560. The first kappa shape index (κ1) is 27.5. The molecular weight excluding hydrogens is 550 g/mol. The summed E-state index contributed by atoms with van der Waals surface area (Å²) < 4.78 is 15.2. The van der Waals surface area contributed by atoms with Crippen molar-refractivity contribution in [1.29, 1.82) is 5.26 Å². The van der Waals surface area contributed by atoms with Crippen molar-refractivity contribution >= 4 is 40.3 Å². The first-order valence-corrected chi connectivity index (χ1v) is 13.3. The van der Waals surface area contributed by atoms with Gasteiger partial charge < -0.3 is 14.2 Å². The molecule has 12 nitrogen and oxygen atoms in total. The Morgan fingerprint density at radius 2 is 1.90 bits per heavy atom. The van der Waals surface area contributed by atoms with Gasteiger partial charge in [-0.25, -0.2) is 19.4 Å². The molecule has 2 aromatic carbocycles. The normalized spacial score (nSPS) is 18.6. The number of carbonyl (C=O) groups is 4. The fraction of sp³-hybridized carbons (Fsp3) is 0.214. The number of nitriles is 1. The van der Waals surface area contributed by atoms with E-state index in [4.69, 9.17) is 9.47 Å². The number of hydrogen-bond acceptors (Lipinski definition) is 10. The minimum absolute atomic E-state index is 0.00397. The van der Waals surface area contributed by atoms with Crippen molar-refractivity contribution in [1.82, 2.24) is 10.3 Å². The molecule has 0 radical (unpaired) electrons. The number of aromatic nitrogens is 1. The lowest BCUT2D eigenvalue weighted by molar-refractivity contribution is -0.763. The molecule has 13 heteroatoms. The van der Waals surface area contributed by atoms with Gasteiger partial charge in [-0.05, 0) is 23.3 Å². The molecule has 2 aliphatic heterocycles. The third kappa shape index (κ3) is 5.25. The summed E-state index contributed by atoms with van der Waals surface area (Å²) in [6.07, 6.45) is 0.133. The van der Waals surface area contributed by atoms with E-state index in [-0.39, 0.29) is 48.6 Å². The second kappa shape index (κ2) is 11.6. The highest BCUT2D eigenvalue weighted by atomic mass is 32.1. The van der Waals surface area contributed by atoms with E-state index in [1.54, 1.807) is 24.3 Å². The number of quaternary nitrogens is 1. The zero-order valence-corrected chi connectivity index (χ0v) is 22.6. The van der Waals surface area contributed by atoms with Crippen LogP contribution in [0.2, 0.25) is 0 Å². The number of methoxy groups -OCH3 is 1. The molecule has 0 aliphatic carbocycles. The van der Waals surface area contributed by atoms with E-state index in [0.29, 0.717) is 11.1 Å². The summed E-state index contributed by atoms with van der Waals surface area (Å²) in [6.45, 7) is -0.566. The number of rotatable bonds is 9. The predicted molar refractivity (Wildman–Crippen MR) is 144 cm³/mol. The van der Waals surface area contributed by atoms with Crippen LogP contribution in [0.5, 0.6) is 0 Å². The van der Waals surface area contributed by atoms with E-state index < -0.39 is 34.3 Å². The minimum Gasteiger partial charge on any atom is -0.464 e. The molecule has 2 aliphatic rings. The number of thiazole rings is 1. The number of anilines is 1. The molecule has 208 valence electrons. The lowest BCUT2D eigenvalue weighted by Crippen LogP contribution is -2.64. The molecule has 3 heterocycles. The highest BCUT2D eigenvalue weighted by molar-refractivity contribution is 7.14. The molecule has 41 heavy (non-hydrogen) atoms. The lowest BCUT2D eigenvalue weighted by Gasteiger charge is -2.33. The van der Waals surface area contributed by atoms with E-state index in [1.807, 2.05) is 36.4 Å². The maximum atomic E-state index is 14.0. The number of amides is 4. The first-order valence-electron chi connectivity index (χ1n) is 12.4. The molecule has 5 rings (SSSR count). The van der Waals surface area contributed by atoms with Crippen LogP contribution in [0.4, 0.5) is 9.93 Å². The maximum absolute atomic E-state index is 14.0. The van der Waals surface area contributed by atoms with Crippen molar-refractivity contribution in [2.75, 3.05) is 25.8 Å². The van der Waals surface area contributed by atoms with Crippen LogP contribution in [0.3, 0.4) is 0 Å². The van der Waals surface area contributed by atoms with Crippen LogP contribution in [0.1, 0.15) is 27.2 Å². The van der Waals surface area contributed by atoms with Crippen molar-refractivity contribution < 1.29 is 37.9 Å². The molecule has 2 unspecified atom stereocenters. The number of ether oxygens (including phenoxy) is 3. The fourth-order valence-electron chi connectivity index (χ4n) is 4.74. The number of nitrogens with one attached hydrogen (secondary N) is 2. The Morgan fingerprint density at radius 1 is 1.15 bits per heavy atom. The summed E-state index contributed by atoms with van der Waals surface area (Å²) in [4.78, 5) is 57.4. The van der Waals surface area contributed by atoms with Crippen LogP contribution in [0.25, 0.3) is 0 Å². The molecule has 1 aromatic heterocycles. The van der Waals surface area contributed by atoms with Gasteiger partial charge in [-0.15, -0.1) is 11.3 Å². The molecule has 1 fully saturated rings. The summed E-state index contributed by atoms with van der Waals surface area (Å²) in [5, 5.41) is 15.9. The Kier molecular flexibility index (Phi) is 7.77. The molecule has 2 atom stereocenters. The van der Waals surface area contributed by atoms with Crippen LogP contribution in [-0.4, -0.2) is 59.8 Å². The topological polar surface area (TPSA) is 157 Å². The zero-order valence-electron chi connectivity index (χ0n) is 21.8. The van der Waals surface area contributed by atoms with Gasteiger partial charge in [0.2, 0.25) is 12.6 Å². The number of benzene rings is 2. The van der Waals surface area contributed by atoms with Crippen molar-refractivity contribution in [3.63, 3.8) is 0 Å². The summed E-state index contributed by atoms with van der Waals surface area (Å²) in [5.74, 6) is -1.82. The SMILES string of the molecule is COC(=O)c1csc(NC(=O)C(Cc2ccc(C#N)cc2)[N+]2(C3=C(Cc4ccccc4)OCO3)C(=O)CNC2=O)n1. The Balaban J connectivity index is 1.60. The molecule has 0 bridgehead atoms. The number of imide groups is 1. The molecule has 0 spiro atoms. The molecule has 0 saturated carbocycles. The average Bonchev–Trinajstić information content (AvgIpc) is 3.72. The van der Waals surface area contributed by atoms with E-state index >= 15 is 0 Å². The zero-order chi connectivity index (χ0) is 29.0. The number of urea groups is 1. The van der Waals surface area contributed by atoms with Crippen molar-refractivity contribution in [3.05, 3.63) is 94.0 Å². The van der Waals surface area contributed by atoms with Crippen LogP contribution in [0.15, 0.2) is 71.6 Å². The van der Waals surface area contributed by atoms with Crippen LogP contribution in [0, 0.1) is 11.3 Å². The van der Waals surface area contributed by atoms with Gasteiger partial charge in [0.05, 0.1) is 18.7 Å². The quantitative estimate of drug-likeness (QED) is 0.223. The van der Waals surface area contributed by atoms with Crippen molar-refractivity contribution in [3.8, 4) is 6.07 Å². The van der Waals surface area contributed by atoms with Gasteiger partial charge in [0.25, 0.3) is 5.91 Å². The number of esters is 1. The first-order chi connectivity index (χ1) is 19.9. The highest BCUT2D eigenvalue weighted by Crippen LogP contribution is 2.37. The third-order valence-corrected chi connectivity index (χ3v) is 7.47. The van der Waals surface area contributed by atoms with E-state index in [0.717, 1.165) is 16.9 Å². The van der Waals surface area contributed by atoms with Crippen LogP contribution < -0.4 is 10.6 Å². The average molecular weight is 575 g/mol. The van der Waals surface area contributed by atoms with Gasteiger partial charge in [-0.3, -0.25) is 15.4 Å². The Hall–Kier alpha value is -5.06. The number of hydrogen-bond donors (Lipinski definition) is 2. The van der Waals surface area contributed by atoms with Crippen LogP contribution >= 0.6 is 11.3 Å². The van der Waals surface area contributed by atoms with Crippen molar-refractivity contribution in [2.24, 2.45) is 0 Å². The highest BCUT2D eigenvalue weighted by Gasteiger charge is 2.64. The maximum Gasteiger partial charge on any atom is 0.433 e. The third-order valence-electron chi connectivity index (χ3n) is 6.71. The summed E-state index contributed by atoms with van der Waals surface area (Å²) in [5.41, 5.74) is 1.84. The van der Waals surface area contributed by atoms with Gasteiger partial charge >= 0.3 is 23.8 Å². The largest absolute Gasteiger partial charge is 0.464 e. The standard InChI is InChI=1S/C28H23N5O7S/c1-38-26(36)20-15-41-27(31-20)32-24(35)21(11-18-7-9-19(13-29)10-8-18)33(23(34)14-30-28(33)37)25-22(39-16-40-25)12-17-5-3-2-4-6-17/h2-10,15,21H,11-12,14,16H2,1H3,(H-,30,31,32,35,37)/p+1. The van der Waals surface area contributed by atoms with Gasteiger partial charge in [-0.1, -0.05) is 46.9 Å². The molecule has 1 saturated heterocycles. The van der Waals surface area contributed by atoms with Gasteiger partial charge in [0.15, 0.2) is 16.9 Å². The predicted octanol–water partition coefficient (Wildman–Crippen LogP) is 2.83. The number of allylic oxidation sites excluding steroid dienone is 1. The number of carbonyl (C=O) groups excluding carboxylic acids is 4. The van der Waals surface area contributed by atoms with Gasteiger partial charge in [0, 0.05) is 18.2 Å². The molecule has 4 amide bonds. The molecule has 2 N–H and O–H groups in total. The monoisotopic (exact) mass is 574 g/mol. The van der Waals surface area contributed by atoms with E-state index in [9.17, 15) is 24.4 Å². The second-order valence-corrected chi connectivity index (χ2v) is 9.98. The van der Waals surface area contributed by atoms with E-state index in [2.05, 4.69) is 20.4 Å². The van der Waals surface area contributed by atoms with Gasteiger partial charge in [0.1, 0.15) is 6.54 Å². The summed E-state index contributed by atoms with van der Waals surface area (Å²) in [7, 11) is 1.21. The lowest BCUT2D eigenvalue weighted by atomic mass is 10.00. The summed E-state index contributed by atoms with van der Waals surface area (Å²) in [6, 6.07) is 15.7. The minimum atomic E-state index is -1.37. The summed E-state index contributed by atoms with van der Waals surface area (Å²) >= 11 is 0.988. The fourth-order valence-corrected chi connectivity index (χ4v) is 5.43. The molecular formula is C28H24N5O7S+. The van der Waals surface area contributed by atoms with Crippen LogP contribution in [-0.2, 0) is 36.6 Å².